The van der Waals surface area contributed by atoms with Gasteiger partial charge in [0.2, 0.25) is 0 Å². The van der Waals surface area contributed by atoms with Crippen molar-refractivity contribution in [3.8, 4) is 0 Å². The predicted octanol–water partition coefficient (Wildman–Crippen LogP) is 5.82. The molecule has 1 aromatic rings. The Hall–Kier alpha value is -1.88. The highest BCUT2D eigenvalue weighted by molar-refractivity contribution is 6.40. The van der Waals surface area contributed by atoms with Crippen molar-refractivity contribution in [2.24, 2.45) is 0 Å². The van der Waals surface area contributed by atoms with Crippen LogP contribution in [-0.4, -0.2) is 97.6 Å². The van der Waals surface area contributed by atoms with Crippen molar-refractivity contribution in [1.29, 1.82) is 0 Å². The summed E-state index contributed by atoms with van der Waals surface area (Å²) in [6.07, 6.45) is 14.8. The van der Waals surface area contributed by atoms with E-state index in [4.69, 9.17) is 33.2 Å². The van der Waals surface area contributed by atoms with Gasteiger partial charge in [-0.15, -0.1) is 0 Å². The van der Waals surface area contributed by atoms with Crippen molar-refractivity contribution in [2.45, 2.75) is 77.6 Å². The predicted molar refractivity (Wildman–Crippen MR) is 163 cm³/mol. The number of rotatable bonds is 32. The molecule has 0 radical (unpaired) electrons. The third-order valence-corrected chi connectivity index (χ3v) is 6.43. The van der Waals surface area contributed by atoms with E-state index in [2.05, 4.69) is 6.92 Å². The molecule has 9 heteroatoms. The van der Waals surface area contributed by atoms with E-state index in [1.807, 2.05) is 0 Å². The molecule has 0 unspecified atom stereocenters. The maximum absolute atomic E-state index is 11.9. The SMILES string of the molecule is CCCCCCCCCCCCCOCCOCCOCCOCCOCCOCCOC(=O)C(=O)c1ccccc1. The molecular weight excluding hydrogens is 540 g/mol. The molecule has 9 nitrogen and oxygen atoms in total. The van der Waals surface area contributed by atoms with Crippen LogP contribution in [0.3, 0.4) is 0 Å². The van der Waals surface area contributed by atoms with E-state index in [1.165, 1.54) is 64.2 Å². The van der Waals surface area contributed by atoms with Gasteiger partial charge < -0.3 is 33.2 Å². The smallest absolute Gasteiger partial charge is 0.379 e. The number of carbonyl (C=O) groups is 2. The lowest BCUT2D eigenvalue weighted by Crippen LogP contribution is -2.20. The summed E-state index contributed by atoms with van der Waals surface area (Å²) in [4.78, 5) is 23.6. The van der Waals surface area contributed by atoms with Gasteiger partial charge in [-0.05, 0) is 6.42 Å². The number of ether oxygens (including phenoxy) is 7. The summed E-state index contributed by atoms with van der Waals surface area (Å²) in [5.41, 5.74) is 0.306. The second-order valence-electron chi connectivity index (χ2n) is 10.0. The number of carbonyl (C=O) groups excluding carboxylic acids is 2. The zero-order valence-corrected chi connectivity index (χ0v) is 26.0. The quantitative estimate of drug-likeness (QED) is 0.0441. The first-order valence-electron chi connectivity index (χ1n) is 16.0. The van der Waals surface area contributed by atoms with Gasteiger partial charge in [-0.1, -0.05) is 101 Å². The summed E-state index contributed by atoms with van der Waals surface area (Å²) >= 11 is 0. The fourth-order valence-electron chi connectivity index (χ4n) is 4.04. The standard InChI is InChI=1S/C33H56O9/c1-2-3-4-5-6-7-8-9-10-11-15-18-36-19-20-37-21-22-38-23-24-39-25-26-40-27-28-41-29-30-42-33(35)32(34)31-16-13-12-14-17-31/h12-14,16-17H,2-11,15,18-30H2,1H3. The third-order valence-electron chi connectivity index (χ3n) is 6.43. The Morgan fingerprint density at radius 1 is 0.452 bits per heavy atom. The Bertz CT molecular complexity index is 729. The van der Waals surface area contributed by atoms with Crippen molar-refractivity contribution in [2.75, 3.05) is 85.9 Å². The lowest BCUT2D eigenvalue weighted by Gasteiger charge is -2.08. The third kappa shape index (κ3) is 24.7. The number of unbranched alkanes of at least 4 members (excludes halogenated alkanes) is 10. The summed E-state index contributed by atoms with van der Waals surface area (Å²) in [5, 5.41) is 0. The second-order valence-corrected chi connectivity index (χ2v) is 10.0. The Balaban J connectivity index is 1.68. The molecule has 1 rings (SSSR count). The first-order chi connectivity index (χ1) is 20.8. The van der Waals surface area contributed by atoms with Crippen molar-refractivity contribution in [3.05, 3.63) is 35.9 Å². The Kier molecular flexibility index (Phi) is 27.8. The van der Waals surface area contributed by atoms with Gasteiger partial charge in [0, 0.05) is 12.2 Å². The zero-order valence-electron chi connectivity index (χ0n) is 26.0. The first kappa shape index (κ1) is 38.1. The summed E-state index contributed by atoms with van der Waals surface area (Å²) < 4.78 is 37.8. The van der Waals surface area contributed by atoms with E-state index >= 15 is 0 Å². The lowest BCUT2D eigenvalue weighted by atomic mass is 10.1. The van der Waals surface area contributed by atoms with Crippen molar-refractivity contribution in [3.63, 3.8) is 0 Å². The maximum Gasteiger partial charge on any atom is 0.379 e. The van der Waals surface area contributed by atoms with Gasteiger partial charge in [-0.25, -0.2) is 4.79 Å². The van der Waals surface area contributed by atoms with E-state index < -0.39 is 11.8 Å². The number of benzene rings is 1. The number of ketones is 1. The van der Waals surface area contributed by atoms with Gasteiger partial charge in [0.15, 0.2) is 0 Å². The molecule has 0 aromatic heterocycles. The molecule has 0 amide bonds. The van der Waals surface area contributed by atoms with E-state index in [0.29, 0.717) is 71.6 Å². The molecule has 1 aromatic carbocycles. The van der Waals surface area contributed by atoms with Gasteiger partial charge in [0.05, 0.1) is 72.7 Å². The van der Waals surface area contributed by atoms with Gasteiger partial charge in [-0.2, -0.15) is 0 Å². The first-order valence-corrected chi connectivity index (χ1v) is 16.0. The number of hydrogen-bond acceptors (Lipinski definition) is 9. The van der Waals surface area contributed by atoms with Crippen LogP contribution in [0.1, 0.15) is 87.9 Å². The highest BCUT2D eigenvalue weighted by Gasteiger charge is 2.17. The number of esters is 1. The molecule has 0 fully saturated rings. The Morgan fingerprint density at radius 3 is 1.24 bits per heavy atom. The average molecular weight is 597 g/mol. The molecule has 242 valence electrons. The summed E-state index contributed by atoms with van der Waals surface area (Å²) in [7, 11) is 0. The molecule has 0 aliphatic rings. The highest BCUT2D eigenvalue weighted by Crippen LogP contribution is 2.11. The van der Waals surface area contributed by atoms with Crippen LogP contribution in [0.15, 0.2) is 30.3 Å². The minimum atomic E-state index is -0.885. The van der Waals surface area contributed by atoms with Crippen LogP contribution in [0, 0.1) is 0 Å². The summed E-state index contributed by atoms with van der Waals surface area (Å²) in [6, 6.07) is 8.30. The van der Waals surface area contributed by atoms with Crippen molar-refractivity contribution < 1.29 is 42.7 Å². The maximum atomic E-state index is 11.9. The molecule has 0 N–H and O–H groups in total. The Morgan fingerprint density at radius 2 is 0.810 bits per heavy atom. The molecular formula is C33H56O9. The van der Waals surface area contributed by atoms with Crippen LogP contribution < -0.4 is 0 Å². The number of Topliss-reactive ketones (excluding diaryl/α,β-unsaturated/α-hetero) is 1. The average Bonchev–Trinajstić information content (AvgIpc) is 3.02. The molecule has 0 bridgehead atoms. The van der Waals surface area contributed by atoms with Crippen LogP contribution in [0.4, 0.5) is 0 Å². The fourth-order valence-corrected chi connectivity index (χ4v) is 4.04. The van der Waals surface area contributed by atoms with Crippen LogP contribution in [0.2, 0.25) is 0 Å². The normalized spacial score (nSPS) is 11.2. The summed E-state index contributed by atoms with van der Waals surface area (Å²) in [5.74, 6) is -1.55. The van der Waals surface area contributed by atoms with Crippen LogP contribution in [0.25, 0.3) is 0 Å². The molecule has 0 heterocycles. The molecule has 0 aliphatic heterocycles. The minimum Gasteiger partial charge on any atom is -0.457 e. The van der Waals surface area contributed by atoms with Gasteiger partial charge in [0.25, 0.3) is 5.78 Å². The van der Waals surface area contributed by atoms with E-state index in [1.54, 1.807) is 30.3 Å². The van der Waals surface area contributed by atoms with Crippen molar-refractivity contribution >= 4 is 11.8 Å². The summed E-state index contributed by atoms with van der Waals surface area (Å²) in [6.45, 7) is 8.29. The largest absolute Gasteiger partial charge is 0.457 e. The second kappa shape index (κ2) is 30.6. The van der Waals surface area contributed by atoms with Gasteiger partial charge >= 0.3 is 5.97 Å². The monoisotopic (exact) mass is 596 g/mol. The van der Waals surface area contributed by atoms with Crippen LogP contribution >= 0.6 is 0 Å². The number of hydrogen-bond donors (Lipinski definition) is 0. The van der Waals surface area contributed by atoms with Gasteiger partial charge in [-0.3, -0.25) is 4.79 Å². The lowest BCUT2D eigenvalue weighted by molar-refractivity contribution is -0.139. The fraction of sp³-hybridized carbons (Fsp3) is 0.758. The molecule has 0 saturated carbocycles. The van der Waals surface area contributed by atoms with E-state index in [-0.39, 0.29) is 13.2 Å². The highest BCUT2D eigenvalue weighted by atomic mass is 16.6. The van der Waals surface area contributed by atoms with Crippen molar-refractivity contribution in [1.82, 2.24) is 0 Å². The Labute approximate surface area is 253 Å². The molecule has 0 aliphatic carbocycles. The topological polar surface area (TPSA) is 98.8 Å². The molecule has 42 heavy (non-hydrogen) atoms. The minimum absolute atomic E-state index is 0.0127. The molecule has 0 atom stereocenters. The zero-order chi connectivity index (χ0) is 30.2. The molecule has 0 spiro atoms. The van der Waals surface area contributed by atoms with Crippen LogP contribution in [0.5, 0.6) is 0 Å². The van der Waals surface area contributed by atoms with Crippen LogP contribution in [-0.2, 0) is 38.0 Å². The molecule has 0 saturated heterocycles. The van der Waals surface area contributed by atoms with E-state index in [0.717, 1.165) is 13.0 Å². The van der Waals surface area contributed by atoms with E-state index in [9.17, 15) is 9.59 Å². The van der Waals surface area contributed by atoms with Gasteiger partial charge in [0.1, 0.15) is 6.61 Å².